The number of Topliss-reactive ketones (excluding diaryl/α,β-unsaturated/α-hetero) is 2. The van der Waals surface area contributed by atoms with E-state index in [-0.39, 0.29) is 43.3 Å². The first kappa shape index (κ1) is 33.8. The first-order chi connectivity index (χ1) is 19.5. The number of carbonyl (C=O) groups excluding carboxylic acids is 4. The molecule has 0 radical (unpaired) electrons. The van der Waals surface area contributed by atoms with E-state index in [1.54, 1.807) is 13.8 Å². The fourth-order valence-corrected chi connectivity index (χ4v) is 10.1. The summed E-state index contributed by atoms with van der Waals surface area (Å²) in [5.41, 5.74) is -4.92. The molecule has 3 saturated carbocycles. The van der Waals surface area contributed by atoms with Gasteiger partial charge >= 0.3 is 11.9 Å². The normalized spacial score (nSPS) is 41.6. The molecule has 4 aliphatic rings. The topological polar surface area (TPSA) is 147 Å². The van der Waals surface area contributed by atoms with E-state index < -0.39 is 74.8 Å². The Bertz CT molecular complexity index is 1230. The van der Waals surface area contributed by atoms with Crippen LogP contribution in [-0.2, 0) is 28.7 Å². The Labute approximate surface area is 255 Å². The van der Waals surface area contributed by atoms with Gasteiger partial charge < -0.3 is 24.8 Å². The molecule has 0 heterocycles. The molecular weight excluding hydrogens is 552 g/mol. The van der Waals surface area contributed by atoms with E-state index in [1.807, 2.05) is 27.7 Å². The molecule has 4 rings (SSSR count). The highest BCUT2D eigenvalue weighted by atomic mass is 16.6. The Balaban J connectivity index is 1.77. The van der Waals surface area contributed by atoms with Crippen molar-refractivity contribution in [3.05, 3.63) is 11.6 Å². The van der Waals surface area contributed by atoms with Gasteiger partial charge in [-0.2, -0.15) is 0 Å². The molecule has 0 aromatic carbocycles. The number of aliphatic hydroxyl groups is 3. The summed E-state index contributed by atoms with van der Waals surface area (Å²) in [6.45, 7) is 17.3. The van der Waals surface area contributed by atoms with Crippen LogP contribution < -0.4 is 0 Å². The van der Waals surface area contributed by atoms with Crippen LogP contribution in [0.25, 0.3) is 0 Å². The molecular formula is C34H52O9. The maximum Gasteiger partial charge on any atom is 0.303 e. The fraction of sp³-hybridized carbons (Fsp3) is 0.824. The minimum Gasteiger partial charge on any atom is -0.462 e. The Kier molecular flexibility index (Phi) is 8.23. The van der Waals surface area contributed by atoms with Gasteiger partial charge in [0.05, 0.1) is 12.2 Å². The lowest BCUT2D eigenvalue weighted by atomic mass is 9.38. The van der Waals surface area contributed by atoms with Gasteiger partial charge in [0.25, 0.3) is 0 Å². The minimum atomic E-state index is -1.93. The number of esters is 2. The highest BCUT2D eigenvalue weighted by Gasteiger charge is 2.75. The average molecular weight is 605 g/mol. The van der Waals surface area contributed by atoms with Crippen molar-refractivity contribution in [3.8, 4) is 0 Å². The molecule has 0 saturated heterocycles. The van der Waals surface area contributed by atoms with Crippen LogP contribution in [0.1, 0.15) is 108 Å². The zero-order valence-corrected chi connectivity index (χ0v) is 27.6. The third-order valence-electron chi connectivity index (χ3n) is 12.5. The number of ketones is 2. The molecule has 0 spiro atoms. The van der Waals surface area contributed by atoms with E-state index >= 15 is 0 Å². The summed E-state index contributed by atoms with van der Waals surface area (Å²) < 4.78 is 11.2. The quantitative estimate of drug-likeness (QED) is 0.289. The summed E-state index contributed by atoms with van der Waals surface area (Å²) in [5, 5.41) is 33.9. The summed E-state index contributed by atoms with van der Waals surface area (Å²) in [6, 6.07) is 0. The number of fused-ring (bicyclic) bond motifs is 5. The van der Waals surface area contributed by atoms with Gasteiger partial charge in [-0.3, -0.25) is 19.2 Å². The SMILES string of the molecule is CC(=O)O[C@@H]1C[C@@]2(C)[C@@H]3CC=C4[C@@H](C[C@H](O)[C@@H](O)C4(C)C)[C@]3(C)C(=O)C[C@]2(C)[C@H]1[C@@](C)(O)C(=O)CCC(C)(C)OC(C)=O. The second-order valence-electron chi connectivity index (χ2n) is 15.9. The molecule has 3 fully saturated rings. The number of allylic oxidation sites excluding steroid dienone is 1. The van der Waals surface area contributed by atoms with E-state index in [0.29, 0.717) is 12.8 Å². The van der Waals surface area contributed by atoms with Crippen molar-refractivity contribution in [2.45, 2.75) is 137 Å². The first-order valence-corrected chi connectivity index (χ1v) is 15.7. The second-order valence-corrected chi connectivity index (χ2v) is 15.9. The number of hydrogen-bond acceptors (Lipinski definition) is 9. The number of rotatable bonds is 7. The lowest BCUT2D eigenvalue weighted by molar-refractivity contribution is -0.189. The number of aliphatic hydroxyl groups excluding tert-OH is 2. The molecule has 9 heteroatoms. The lowest BCUT2D eigenvalue weighted by Crippen LogP contribution is -2.65. The molecule has 4 aliphatic carbocycles. The van der Waals surface area contributed by atoms with Gasteiger partial charge in [0.1, 0.15) is 23.1 Å². The van der Waals surface area contributed by atoms with E-state index in [0.717, 1.165) is 5.57 Å². The first-order valence-electron chi connectivity index (χ1n) is 15.7. The van der Waals surface area contributed by atoms with Crippen LogP contribution in [0.4, 0.5) is 0 Å². The molecule has 242 valence electrons. The van der Waals surface area contributed by atoms with Crippen molar-refractivity contribution in [1.82, 2.24) is 0 Å². The van der Waals surface area contributed by atoms with E-state index in [1.165, 1.54) is 20.8 Å². The summed E-state index contributed by atoms with van der Waals surface area (Å²) in [5.74, 6) is -2.78. The molecule has 0 aromatic rings. The predicted octanol–water partition coefficient (Wildman–Crippen LogP) is 4.09. The molecule has 0 bridgehead atoms. The molecule has 0 aliphatic heterocycles. The van der Waals surface area contributed by atoms with Crippen LogP contribution in [-0.4, -0.2) is 68.3 Å². The molecule has 0 amide bonds. The molecule has 43 heavy (non-hydrogen) atoms. The molecule has 3 N–H and O–H groups in total. The number of ether oxygens (including phenoxy) is 2. The number of carbonyl (C=O) groups is 4. The zero-order valence-electron chi connectivity index (χ0n) is 27.6. The second kappa shape index (κ2) is 10.5. The summed E-state index contributed by atoms with van der Waals surface area (Å²) >= 11 is 0. The van der Waals surface area contributed by atoms with E-state index in [4.69, 9.17) is 9.47 Å². The van der Waals surface area contributed by atoms with E-state index in [2.05, 4.69) is 13.0 Å². The standard InChI is InChI=1S/C34H52O9/c1-18(35)42-23-16-31(7)24-12-11-20-21(15-22(37)28(40)30(20,5)6)33(24,9)26(39)17-32(31,8)27(23)34(10,41)25(38)13-14-29(3,4)43-19(2)36/h11,21-24,27-28,37,40-41H,12-17H2,1-10H3/t21-,22+,23-,24+,27+,28-,31+,32-,33+,34+/m1/s1. The van der Waals surface area contributed by atoms with Gasteiger partial charge in [-0.1, -0.05) is 46.3 Å². The molecule has 10 atom stereocenters. The predicted molar refractivity (Wildman–Crippen MR) is 158 cm³/mol. The average Bonchev–Trinajstić information content (AvgIpc) is 3.07. The highest BCUT2D eigenvalue weighted by Crippen LogP contribution is 2.74. The van der Waals surface area contributed by atoms with Crippen molar-refractivity contribution in [2.24, 2.45) is 39.4 Å². The Morgan fingerprint density at radius 2 is 1.60 bits per heavy atom. The summed E-state index contributed by atoms with van der Waals surface area (Å²) in [6.07, 6.45) is 0.812. The maximum atomic E-state index is 14.5. The van der Waals surface area contributed by atoms with Crippen LogP contribution in [0.5, 0.6) is 0 Å². The van der Waals surface area contributed by atoms with Gasteiger partial charge in [-0.25, -0.2) is 0 Å². The third kappa shape index (κ3) is 5.02. The fourth-order valence-electron chi connectivity index (χ4n) is 10.1. The van der Waals surface area contributed by atoms with Crippen molar-refractivity contribution >= 4 is 23.5 Å². The zero-order chi connectivity index (χ0) is 32.7. The highest BCUT2D eigenvalue weighted by molar-refractivity contribution is 5.90. The van der Waals surface area contributed by atoms with Crippen molar-refractivity contribution in [2.75, 3.05) is 0 Å². The maximum absolute atomic E-state index is 14.5. The monoisotopic (exact) mass is 604 g/mol. The van der Waals surface area contributed by atoms with Gasteiger partial charge in [-0.15, -0.1) is 0 Å². The molecule has 9 nitrogen and oxygen atoms in total. The summed E-state index contributed by atoms with van der Waals surface area (Å²) in [4.78, 5) is 52.3. The van der Waals surface area contributed by atoms with Gasteiger partial charge in [0.2, 0.25) is 0 Å². The smallest absolute Gasteiger partial charge is 0.303 e. The minimum absolute atomic E-state index is 0.000167. The Hall–Kier alpha value is -2.10. The van der Waals surface area contributed by atoms with Crippen molar-refractivity contribution in [1.29, 1.82) is 0 Å². The largest absolute Gasteiger partial charge is 0.462 e. The number of hydrogen-bond donors (Lipinski definition) is 3. The van der Waals surface area contributed by atoms with Crippen molar-refractivity contribution in [3.63, 3.8) is 0 Å². The lowest BCUT2D eigenvalue weighted by Gasteiger charge is -2.65. The van der Waals surface area contributed by atoms with Crippen LogP contribution in [0, 0.1) is 39.4 Å². The molecule has 0 unspecified atom stereocenters. The van der Waals surface area contributed by atoms with Gasteiger partial charge in [-0.05, 0) is 69.1 Å². The van der Waals surface area contributed by atoms with Crippen LogP contribution >= 0.6 is 0 Å². The van der Waals surface area contributed by atoms with Crippen LogP contribution in [0.2, 0.25) is 0 Å². The Morgan fingerprint density at radius 1 is 1.00 bits per heavy atom. The van der Waals surface area contributed by atoms with Crippen LogP contribution in [0.15, 0.2) is 11.6 Å². The third-order valence-corrected chi connectivity index (χ3v) is 12.5. The van der Waals surface area contributed by atoms with E-state index in [9.17, 15) is 34.5 Å². The Morgan fingerprint density at radius 3 is 2.16 bits per heavy atom. The van der Waals surface area contributed by atoms with Crippen LogP contribution in [0.3, 0.4) is 0 Å². The van der Waals surface area contributed by atoms with Gasteiger partial charge in [0.15, 0.2) is 5.78 Å². The van der Waals surface area contributed by atoms with Gasteiger partial charge in [0, 0.05) is 43.4 Å². The summed E-state index contributed by atoms with van der Waals surface area (Å²) in [7, 11) is 0. The van der Waals surface area contributed by atoms with Crippen molar-refractivity contribution < 1.29 is 44.0 Å². The molecule has 0 aromatic heterocycles.